The molecule has 0 unspecified atom stereocenters. The van der Waals surface area contributed by atoms with Crippen molar-refractivity contribution in [3.05, 3.63) is 58.9 Å². The molecule has 3 heteroatoms. The Morgan fingerprint density at radius 3 is 2.56 bits per heavy atom. The molecular weight excluding hydrogens is 226 g/mol. The topological polar surface area (TPSA) is 39.2 Å². The highest BCUT2D eigenvalue weighted by atomic mass is 16.5. The summed E-state index contributed by atoms with van der Waals surface area (Å²) in [6, 6.07) is 10.9. The van der Waals surface area contributed by atoms with E-state index in [4.69, 9.17) is 4.74 Å². The third-order valence-corrected chi connectivity index (χ3v) is 2.80. The van der Waals surface area contributed by atoms with Crippen LogP contribution in [0, 0.1) is 13.8 Å². The van der Waals surface area contributed by atoms with Crippen molar-refractivity contribution in [2.75, 3.05) is 7.11 Å². The lowest BCUT2D eigenvalue weighted by Crippen LogP contribution is -2.06. The van der Waals surface area contributed by atoms with Crippen LogP contribution < -0.4 is 4.74 Å². The van der Waals surface area contributed by atoms with Crippen molar-refractivity contribution in [1.29, 1.82) is 0 Å². The minimum absolute atomic E-state index is 0.0566. The third-order valence-electron chi connectivity index (χ3n) is 2.80. The van der Waals surface area contributed by atoms with Gasteiger partial charge in [0.1, 0.15) is 11.4 Å². The number of benzene rings is 1. The van der Waals surface area contributed by atoms with Gasteiger partial charge in [-0.15, -0.1) is 0 Å². The molecule has 0 bridgehead atoms. The molecule has 0 saturated carbocycles. The molecule has 18 heavy (non-hydrogen) atoms. The maximum absolute atomic E-state index is 12.3. The van der Waals surface area contributed by atoms with E-state index in [-0.39, 0.29) is 5.78 Å². The number of carbonyl (C=O) groups is 1. The molecule has 0 aliphatic carbocycles. The molecule has 0 aliphatic heterocycles. The molecule has 92 valence electrons. The summed E-state index contributed by atoms with van der Waals surface area (Å²) in [5, 5.41) is 0. The van der Waals surface area contributed by atoms with E-state index in [0.29, 0.717) is 11.3 Å². The van der Waals surface area contributed by atoms with E-state index in [2.05, 4.69) is 4.98 Å². The van der Waals surface area contributed by atoms with Crippen LogP contribution >= 0.6 is 0 Å². The monoisotopic (exact) mass is 241 g/mol. The van der Waals surface area contributed by atoms with Crippen LogP contribution in [0.3, 0.4) is 0 Å². The molecule has 2 rings (SSSR count). The van der Waals surface area contributed by atoms with Crippen molar-refractivity contribution in [2.45, 2.75) is 13.8 Å². The van der Waals surface area contributed by atoms with E-state index in [0.717, 1.165) is 17.0 Å². The molecule has 1 aromatic heterocycles. The smallest absolute Gasteiger partial charge is 0.211 e. The molecule has 3 nitrogen and oxygen atoms in total. The van der Waals surface area contributed by atoms with E-state index in [9.17, 15) is 4.79 Å². The lowest BCUT2D eigenvalue weighted by Gasteiger charge is -2.07. The van der Waals surface area contributed by atoms with Crippen molar-refractivity contribution in [3.8, 4) is 5.75 Å². The Balaban J connectivity index is 2.40. The van der Waals surface area contributed by atoms with Gasteiger partial charge in [-0.2, -0.15) is 0 Å². The van der Waals surface area contributed by atoms with Crippen molar-refractivity contribution in [2.24, 2.45) is 0 Å². The summed E-state index contributed by atoms with van der Waals surface area (Å²) in [7, 11) is 1.61. The van der Waals surface area contributed by atoms with E-state index in [1.165, 1.54) is 0 Å². The Hall–Kier alpha value is -2.16. The fourth-order valence-electron chi connectivity index (χ4n) is 1.83. The van der Waals surface area contributed by atoms with Crippen LogP contribution in [0.4, 0.5) is 0 Å². The van der Waals surface area contributed by atoms with Crippen LogP contribution in [0.15, 0.2) is 36.4 Å². The fourth-order valence-corrected chi connectivity index (χ4v) is 1.83. The molecule has 1 heterocycles. The van der Waals surface area contributed by atoms with Gasteiger partial charge >= 0.3 is 0 Å². The summed E-state index contributed by atoms with van der Waals surface area (Å²) in [5.74, 6) is 0.695. The lowest BCUT2D eigenvalue weighted by atomic mass is 10.0. The highest BCUT2D eigenvalue weighted by molar-refractivity contribution is 6.08. The Kier molecular flexibility index (Phi) is 3.42. The zero-order valence-electron chi connectivity index (χ0n) is 10.7. The number of aryl methyl sites for hydroxylation is 2. The van der Waals surface area contributed by atoms with Crippen molar-refractivity contribution >= 4 is 5.78 Å². The Morgan fingerprint density at radius 1 is 1.17 bits per heavy atom. The molecule has 0 atom stereocenters. The minimum atomic E-state index is -0.0566. The molecule has 0 spiro atoms. The number of nitrogens with zero attached hydrogens (tertiary/aromatic N) is 1. The summed E-state index contributed by atoms with van der Waals surface area (Å²) in [5.41, 5.74) is 2.87. The Labute approximate surface area is 106 Å². The summed E-state index contributed by atoms with van der Waals surface area (Å²) in [6.07, 6.45) is 0. The first-order chi connectivity index (χ1) is 8.61. The highest BCUT2D eigenvalue weighted by Crippen LogP contribution is 2.19. The first-order valence-electron chi connectivity index (χ1n) is 5.75. The summed E-state index contributed by atoms with van der Waals surface area (Å²) in [6.45, 7) is 3.77. The highest BCUT2D eigenvalue weighted by Gasteiger charge is 2.13. The maximum atomic E-state index is 12.3. The van der Waals surface area contributed by atoms with E-state index in [1.807, 2.05) is 32.0 Å². The van der Waals surface area contributed by atoms with Gasteiger partial charge < -0.3 is 4.74 Å². The van der Waals surface area contributed by atoms with E-state index in [1.54, 1.807) is 25.3 Å². The van der Waals surface area contributed by atoms with Gasteiger partial charge in [0.2, 0.25) is 5.78 Å². The second-order valence-electron chi connectivity index (χ2n) is 4.17. The van der Waals surface area contributed by atoms with Crippen molar-refractivity contribution in [3.63, 3.8) is 0 Å². The number of hydrogen-bond acceptors (Lipinski definition) is 3. The molecule has 0 radical (unpaired) electrons. The quantitative estimate of drug-likeness (QED) is 0.775. The minimum Gasteiger partial charge on any atom is -0.497 e. The lowest BCUT2D eigenvalue weighted by molar-refractivity contribution is 0.103. The number of hydrogen-bond donors (Lipinski definition) is 0. The molecule has 2 aromatic rings. The molecule has 0 N–H and O–H groups in total. The number of pyridine rings is 1. The van der Waals surface area contributed by atoms with Crippen LogP contribution in [0.1, 0.15) is 27.3 Å². The van der Waals surface area contributed by atoms with Gasteiger partial charge in [0.05, 0.1) is 7.11 Å². The molecule has 0 aliphatic rings. The van der Waals surface area contributed by atoms with Gasteiger partial charge in [-0.1, -0.05) is 6.07 Å². The van der Waals surface area contributed by atoms with Crippen LogP contribution in [0.5, 0.6) is 5.75 Å². The molecular formula is C15H15NO2. The van der Waals surface area contributed by atoms with Gasteiger partial charge in [0, 0.05) is 11.3 Å². The van der Waals surface area contributed by atoms with Crippen LogP contribution in [-0.2, 0) is 0 Å². The Bertz CT molecular complexity index is 591. The maximum Gasteiger partial charge on any atom is 0.211 e. The number of ketones is 1. The normalized spacial score (nSPS) is 10.2. The van der Waals surface area contributed by atoms with Gasteiger partial charge in [-0.25, -0.2) is 4.98 Å². The van der Waals surface area contributed by atoms with E-state index < -0.39 is 0 Å². The number of ether oxygens (including phenoxy) is 1. The van der Waals surface area contributed by atoms with Gasteiger partial charge in [-0.05, 0) is 49.7 Å². The van der Waals surface area contributed by atoms with E-state index >= 15 is 0 Å². The number of aromatic nitrogens is 1. The number of carbonyl (C=O) groups excluding carboxylic acids is 1. The number of rotatable bonds is 3. The standard InChI is InChI=1S/C15H15NO2/c1-10-9-12(18-3)7-8-13(10)15(17)14-6-4-5-11(2)16-14/h4-9H,1-3H3. The second kappa shape index (κ2) is 5.00. The zero-order chi connectivity index (χ0) is 13.1. The third kappa shape index (κ3) is 2.40. The van der Waals surface area contributed by atoms with Crippen LogP contribution in [-0.4, -0.2) is 17.9 Å². The molecule has 1 aromatic carbocycles. The molecule has 0 saturated heterocycles. The average molecular weight is 241 g/mol. The second-order valence-corrected chi connectivity index (χ2v) is 4.17. The van der Waals surface area contributed by atoms with Gasteiger partial charge in [-0.3, -0.25) is 4.79 Å². The number of methoxy groups -OCH3 is 1. The Morgan fingerprint density at radius 2 is 1.94 bits per heavy atom. The van der Waals surface area contributed by atoms with Crippen molar-refractivity contribution < 1.29 is 9.53 Å². The van der Waals surface area contributed by atoms with Crippen LogP contribution in [0.2, 0.25) is 0 Å². The molecule has 0 fully saturated rings. The molecule has 0 amide bonds. The van der Waals surface area contributed by atoms with Gasteiger partial charge in [0.25, 0.3) is 0 Å². The summed E-state index contributed by atoms with van der Waals surface area (Å²) < 4.78 is 5.13. The predicted octanol–water partition coefficient (Wildman–Crippen LogP) is 2.94. The first-order valence-corrected chi connectivity index (χ1v) is 5.75. The summed E-state index contributed by atoms with van der Waals surface area (Å²) in [4.78, 5) is 16.6. The largest absolute Gasteiger partial charge is 0.497 e. The predicted molar refractivity (Wildman–Crippen MR) is 70.1 cm³/mol. The first kappa shape index (κ1) is 12.3. The van der Waals surface area contributed by atoms with Crippen molar-refractivity contribution in [1.82, 2.24) is 4.98 Å². The fraction of sp³-hybridized carbons (Fsp3) is 0.200. The SMILES string of the molecule is COc1ccc(C(=O)c2cccc(C)n2)c(C)c1. The van der Waals surface area contributed by atoms with Crippen LogP contribution in [0.25, 0.3) is 0 Å². The average Bonchev–Trinajstić information content (AvgIpc) is 2.37. The summed E-state index contributed by atoms with van der Waals surface area (Å²) >= 11 is 0. The van der Waals surface area contributed by atoms with Gasteiger partial charge in [0.15, 0.2) is 0 Å². The zero-order valence-corrected chi connectivity index (χ0v) is 10.7.